The molecule has 106 valence electrons. The Labute approximate surface area is 115 Å². The lowest BCUT2D eigenvalue weighted by molar-refractivity contribution is -0.178. The molecule has 2 atom stereocenters. The molecule has 0 aromatic carbocycles. The predicted octanol–water partition coefficient (Wildman–Crippen LogP) is 2.65. The van der Waals surface area contributed by atoms with Crippen molar-refractivity contribution >= 4 is 11.8 Å². The largest absolute Gasteiger partial charge is 0.347 e. The molecule has 1 N–H and O–H groups in total. The Kier molecular flexibility index (Phi) is 5.36. The molecule has 4 heteroatoms. The summed E-state index contributed by atoms with van der Waals surface area (Å²) in [4.78, 5) is 0. The van der Waals surface area contributed by atoms with E-state index in [2.05, 4.69) is 37.8 Å². The molecule has 2 rings (SSSR count). The fourth-order valence-corrected chi connectivity index (χ4v) is 4.33. The number of ether oxygens (including phenoxy) is 2. The summed E-state index contributed by atoms with van der Waals surface area (Å²) in [5.74, 6) is 1.73. The Bertz CT molecular complexity index is 254. The summed E-state index contributed by atoms with van der Waals surface area (Å²) in [7, 11) is 0. The van der Waals surface area contributed by atoms with Gasteiger partial charge in [-0.05, 0) is 24.6 Å². The molecule has 1 saturated carbocycles. The topological polar surface area (TPSA) is 30.5 Å². The summed E-state index contributed by atoms with van der Waals surface area (Å²) in [5, 5.41) is 4.26. The van der Waals surface area contributed by atoms with E-state index in [1.807, 2.05) is 0 Å². The molecule has 0 bridgehead atoms. The third-order valence-corrected chi connectivity index (χ3v) is 5.50. The van der Waals surface area contributed by atoms with Gasteiger partial charge in [0.05, 0.1) is 13.2 Å². The van der Waals surface area contributed by atoms with E-state index in [-0.39, 0.29) is 5.79 Å². The van der Waals surface area contributed by atoms with Gasteiger partial charge in [-0.2, -0.15) is 11.8 Å². The Balaban J connectivity index is 1.93. The highest BCUT2D eigenvalue weighted by molar-refractivity contribution is 7.99. The van der Waals surface area contributed by atoms with Gasteiger partial charge in [0.25, 0.3) is 0 Å². The van der Waals surface area contributed by atoms with Crippen LogP contribution in [0.3, 0.4) is 0 Å². The van der Waals surface area contributed by atoms with Crippen LogP contribution in [0.1, 0.15) is 40.0 Å². The first-order chi connectivity index (χ1) is 8.65. The number of rotatable bonds is 5. The number of nitrogens with one attached hydrogen (secondary N) is 1. The first-order valence-corrected chi connectivity index (χ1v) is 8.33. The van der Waals surface area contributed by atoms with Crippen molar-refractivity contribution in [3.8, 4) is 0 Å². The maximum Gasteiger partial charge on any atom is 0.169 e. The summed E-state index contributed by atoms with van der Waals surface area (Å²) < 4.78 is 11.8. The Morgan fingerprint density at radius 2 is 2.06 bits per heavy atom. The molecule has 0 radical (unpaired) electrons. The molecular weight excluding hydrogens is 246 g/mol. The van der Waals surface area contributed by atoms with Gasteiger partial charge in [-0.15, -0.1) is 0 Å². The zero-order valence-electron chi connectivity index (χ0n) is 11.9. The van der Waals surface area contributed by atoms with Gasteiger partial charge in [0.15, 0.2) is 5.79 Å². The molecule has 1 aliphatic heterocycles. The molecule has 2 fully saturated rings. The second kappa shape index (κ2) is 6.60. The normalized spacial score (nSPS) is 31.3. The van der Waals surface area contributed by atoms with Crippen LogP contribution in [0.15, 0.2) is 0 Å². The number of hydrogen-bond acceptors (Lipinski definition) is 4. The van der Waals surface area contributed by atoms with E-state index in [4.69, 9.17) is 9.47 Å². The second-order valence-electron chi connectivity index (χ2n) is 5.78. The lowest BCUT2D eigenvalue weighted by Crippen LogP contribution is -2.49. The lowest BCUT2D eigenvalue weighted by Gasteiger charge is -2.41. The molecule has 18 heavy (non-hydrogen) atoms. The van der Waals surface area contributed by atoms with Crippen LogP contribution in [0.4, 0.5) is 0 Å². The molecule has 2 aliphatic rings. The molecule has 2 unspecified atom stereocenters. The van der Waals surface area contributed by atoms with E-state index >= 15 is 0 Å². The number of thioether (sulfide) groups is 1. The van der Waals surface area contributed by atoms with Crippen LogP contribution in [0.2, 0.25) is 0 Å². The monoisotopic (exact) mass is 273 g/mol. The standard InChI is InChI=1S/C14H27NO2S/c1-4-15-12-5-6-14(16-7-8-17-14)9-13(12)18-10-11(2)3/h11-13,15H,4-10H2,1-3H3. The molecule has 1 heterocycles. The minimum Gasteiger partial charge on any atom is -0.347 e. The van der Waals surface area contributed by atoms with Gasteiger partial charge >= 0.3 is 0 Å². The second-order valence-corrected chi connectivity index (χ2v) is 7.05. The van der Waals surface area contributed by atoms with E-state index in [0.29, 0.717) is 11.3 Å². The van der Waals surface area contributed by atoms with E-state index in [0.717, 1.165) is 38.5 Å². The summed E-state index contributed by atoms with van der Waals surface area (Å²) in [5.41, 5.74) is 0. The molecule has 0 aromatic heterocycles. The van der Waals surface area contributed by atoms with Crippen molar-refractivity contribution in [2.75, 3.05) is 25.5 Å². The van der Waals surface area contributed by atoms with Gasteiger partial charge in [0, 0.05) is 24.1 Å². The van der Waals surface area contributed by atoms with Crippen molar-refractivity contribution < 1.29 is 9.47 Å². The Morgan fingerprint density at radius 3 is 2.67 bits per heavy atom. The zero-order chi connectivity index (χ0) is 13.0. The minimum atomic E-state index is -0.249. The van der Waals surface area contributed by atoms with Crippen molar-refractivity contribution in [1.82, 2.24) is 5.32 Å². The number of hydrogen-bond donors (Lipinski definition) is 1. The van der Waals surface area contributed by atoms with Crippen molar-refractivity contribution in [3.05, 3.63) is 0 Å². The first-order valence-electron chi connectivity index (χ1n) is 7.28. The Morgan fingerprint density at radius 1 is 1.33 bits per heavy atom. The maximum atomic E-state index is 5.88. The van der Waals surface area contributed by atoms with Gasteiger partial charge in [0.1, 0.15) is 0 Å². The lowest BCUT2D eigenvalue weighted by atomic mass is 9.89. The van der Waals surface area contributed by atoms with Gasteiger partial charge in [-0.1, -0.05) is 20.8 Å². The fourth-order valence-electron chi connectivity index (χ4n) is 2.86. The SMILES string of the molecule is CCNC1CCC2(CC1SCC(C)C)OCCO2. The summed E-state index contributed by atoms with van der Waals surface area (Å²) in [6, 6.07) is 0.622. The average Bonchev–Trinajstić information content (AvgIpc) is 2.78. The van der Waals surface area contributed by atoms with Crippen molar-refractivity contribution in [2.45, 2.75) is 57.1 Å². The Hall–Kier alpha value is 0.230. The van der Waals surface area contributed by atoms with E-state index in [1.54, 1.807) is 0 Å². The summed E-state index contributed by atoms with van der Waals surface area (Å²) >= 11 is 2.09. The fraction of sp³-hybridized carbons (Fsp3) is 1.00. The highest BCUT2D eigenvalue weighted by Gasteiger charge is 2.44. The van der Waals surface area contributed by atoms with Crippen LogP contribution in [0.25, 0.3) is 0 Å². The summed E-state index contributed by atoms with van der Waals surface area (Å²) in [6.07, 6.45) is 3.26. The molecule has 1 saturated heterocycles. The van der Waals surface area contributed by atoms with Crippen molar-refractivity contribution in [1.29, 1.82) is 0 Å². The highest BCUT2D eigenvalue weighted by atomic mass is 32.2. The minimum absolute atomic E-state index is 0.249. The smallest absolute Gasteiger partial charge is 0.169 e. The molecule has 1 spiro atoms. The van der Waals surface area contributed by atoms with Gasteiger partial charge in [-0.25, -0.2) is 0 Å². The van der Waals surface area contributed by atoms with Crippen molar-refractivity contribution in [2.24, 2.45) is 5.92 Å². The maximum absolute atomic E-state index is 5.88. The van der Waals surface area contributed by atoms with Crippen LogP contribution >= 0.6 is 11.8 Å². The quantitative estimate of drug-likeness (QED) is 0.834. The van der Waals surface area contributed by atoms with E-state index in [9.17, 15) is 0 Å². The van der Waals surface area contributed by atoms with E-state index < -0.39 is 0 Å². The van der Waals surface area contributed by atoms with Crippen LogP contribution in [-0.2, 0) is 9.47 Å². The third kappa shape index (κ3) is 3.62. The van der Waals surface area contributed by atoms with Gasteiger partial charge < -0.3 is 14.8 Å². The van der Waals surface area contributed by atoms with Crippen LogP contribution in [-0.4, -0.2) is 42.6 Å². The molecule has 1 aliphatic carbocycles. The van der Waals surface area contributed by atoms with Gasteiger partial charge in [-0.3, -0.25) is 0 Å². The van der Waals surface area contributed by atoms with Crippen LogP contribution in [0, 0.1) is 5.92 Å². The highest BCUT2D eigenvalue weighted by Crippen LogP contribution is 2.40. The summed E-state index contributed by atoms with van der Waals surface area (Å²) in [6.45, 7) is 9.36. The molecule has 0 aromatic rings. The van der Waals surface area contributed by atoms with Gasteiger partial charge in [0.2, 0.25) is 0 Å². The average molecular weight is 273 g/mol. The molecule has 3 nitrogen and oxygen atoms in total. The van der Waals surface area contributed by atoms with Crippen LogP contribution in [0.5, 0.6) is 0 Å². The molecular formula is C14H27NO2S. The first kappa shape index (κ1) is 14.6. The molecule has 0 amide bonds. The van der Waals surface area contributed by atoms with Crippen LogP contribution < -0.4 is 5.32 Å². The zero-order valence-corrected chi connectivity index (χ0v) is 12.7. The predicted molar refractivity (Wildman–Crippen MR) is 77.0 cm³/mol. The third-order valence-electron chi connectivity index (χ3n) is 3.72. The van der Waals surface area contributed by atoms with Crippen molar-refractivity contribution in [3.63, 3.8) is 0 Å². The van der Waals surface area contributed by atoms with E-state index in [1.165, 1.54) is 12.2 Å².